The summed E-state index contributed by atoms with van der Waals surface area (Å²) in [6.07, 6.45) is 14.3. The van der Waals surface area contributed by atoms with Gasteiger partial charge >= 0.3 is 0 Å². The van der Waals surface area contributed by atoms with Crippen molar-refractivity contribution >= 4 is 17.7 Å². The fourth-order valence-corrected chi connectivity index (χ4v) is 4.92. The van der Waals surface area contributed by atoms with E-state index in [0.29, 0.717) is 12.1 Å². The summed E-state index contributed by atoms with van der Waals surface area (Å²) in [6.45, 7) is 2.29. The number of thioether (sulfide) groups is 1. The van der Waals surface area contributed by atoms with Crippen LogP contribution in [0.1, 0.15) is 62.2 Å². The second-order valence-corrected chi connectivity index (χ2v) is 8.63. The van der Waals surface area contributed by atoms with E-state index in [9.17, 15) is 4.79 Å². The molecule has 0 radical (unpaired) electrons. The zero-order valence-corrected chi connectivity index (χ0v) is 17.1. The average Bonchev–Trinajstić information content (AvgIpc) is 3.43. The van der Waals surface area contributed by atoms with Gasteiger partial charge in [0.15, 0.2) is 5.16 Å². The van der Waals surface area contributed by atoms with E-state index in [0.717, 1.165) is 35.2 Å². The largest absolute Gasteiger partial charge is 0.333 e. The first-order valence-corrected chi connectivity index (χ1v) is 11.4. The van der Waals surface area contributed by atoms with Crippen molar-refractivity contribution < 1.29 is 4.79 Å². The van der Waals surface area contributed by atoms with E-state index in [4.69, 9.17) is 0 Å². The van der Waals surface area contributed by atoms with Gasteiger partial charge < -0.3 is 4.90 Å². The van der Waals surface area contributed by atoms with Gasteiger partial charge in [0, 0.05) is 35.7 Å². The molecule has 5 heteroatoms. The van der Waals surface area contributed by atoms with E-state index < -0.39 is 0 Å². The third-order valence-electron chi connectivity index (χ3n) is 6.12. The van der Waals surface area contributed by atoms with Crippen molar-refractivity contribution in [3.05, 3.63) is 42.2 Å². The van der Waals surface area contributed by atoms with E-state index in [1.54, 1.807) is 11.8 Å². The molecule has 0 aliphatic heterocycles. The number of hydrogen-bond acceptors (Lipinski definition) is 3. The first kappa shape index (κ1) is 18.6. The number of carbonyl (C=O) groups is 1. The van der Waals surface area contributed by atoms with Gasteiger partial charge in [0.25, 0.3) is 5.91 Å². The zero-order valence-electron chi connectivity index (χ0n) is 16.3. The molecule has 1 aromatic heterocycles. The molecule has 0 bridgehead atoms. The van der Waals surface area contributed by atoms with Gasteiger partial charge in [0.05, 0.1) is 0 Å². The van der Waals surface area contributed by atoms with Crippen LogP contribution in [0.4, 0.5) is 0 Å². The Labute approximate surface area is 166 Å². The van der Waals surface area contributed by atoms with Gasteiger partial charge in [-0.05, 0) is 68.9 Å². The van der Waals surface area contributed by atoms with Crippen LogP contribution in [0.3, 0.4) is 0 Å². The van der Waals surface area contributed by atoms with E-state index in [-0.39, 0.29) is 5.91 Å². The number of amides is 1. The number of carbonyl (C=O) groups excluding carboxylic acids is 1. The van der Waals surface area contributed by atoms with Crippen LogP contribution in [0.25, 0.3) is 5.69 Å². The summed E-state index contributed by atoms with van der Waals surface area (Å²) in [6, 6.07) is 8.91. The third-order valence-corrected chi connectivity index (χ3v) is 6.79. The molecule has 2 aromatic rings. The Bertz CT molecular complexity index is 790. The van der Waals surface area contributed by atoms with E-state index in [1.165, 1.54) is 32.1 Å². The quantitative estimate of drug-likeness (QED) is 0.646. The topological polar surface area (TPSA) is 38.1 Å². The molecule has 0 N–H and O–H groups in total. The lowest BCUT2D eigenvalue weighted by molar-refractivity contribution is 0.0587. The Balaban J connectivity index is 1.56. The molecular weight excluding hydrogens is 354 g/mol. The maximum Gasteiger partial charge on any atom is 0.254 e. The molecule has 0 saturated heterocycles. The third kappa shape index (κ3) is 3.93. The van der Waals surface area contributed by atoms with Gasteiger partial charge in [-0.25, -0.2) is 4.98 Å². The molecule has 1 amide bonds. The minimum atomic E-state index is 0.213. The summed E-state index contributed by atoms with van der Waals surface area (Å²) >= 11 is 1.61. The molecule has 144 valence electrons. The number of imidazole rings is 1. The van der Waals surface area contributed by atoms with Gasteiger partial charge in [-0.2, -0.15) is 0 Å². The first-order chi connectivity index (χ1) is 13.2. The summed E-state index contributed by atoms with van der Waals surface area (Å²) < 4.78 is 2.05. The van der Waals surface area contributed by atoms with Crippen LogP contribution >= 0.6 is 11.8 Å². The summed E-state index contributed by atoms with van der Waals surface area (Å²) in [5, 5.41) is 0.941. The highest BCUT2D eigenvalue weighted by Crippen LogP contribution is 2.37. The Morgan fingerprint density at radius 1 is 1.19 bits per heavy atom. The number of rotatable bonds is 6. The highest BCUT2D eigenvalue weighted by atomic mass is 32.2. The second kappa shape index (κ2) is 8.09. The second-order valence-electron chi connectivity index (χ2n) is 7.86. The minimum Gasteiger partial charge on any atom is -0.333 e. The van der Waals surface area contributed by atoms with Crippen molar-refractivity contribution in [2.75, 3.05) is 6.26 Å². The summed E-state index contributed by atoms with van der Waals surface area (Å²) in [4.78, 5) is 20.1. The van der Waals surface area contributed by atoms with Gasteiger partial charge in [-0.15, -0.1) is 0 Å². The molecule has 1 heterocycles. The van der Waals surface area contributed by atoms with Crippen molar-refractivity contribution in [3.8, 4) is 5.69 Å². The maximum absolute atomic E-state index is 13.4. The van der Waals surface area contributed by atoms with Gasteiger partial charge in [0.2, 0.25) is 0 Å². The summed E-state index contributed by atoms with van der Waals surface area (Å²) in [5.41, 5.74) is 1.81. The highest BCUT2D eigenvalue weighted by Gasteiger charge is 2.39. The Kier molecular flexibility index (Phi) is 5.58. The molecule has 4 rings (SSSR count). The van der Waals surface area contributed by atoms with Crippen molar-refractivity contribution in [2.24, 2.45) is 5.92 Å². The molecule has 2 fully saturated rings. The summed E-state index contributed by atoms with van der Waals surface area (Å²) in [7, 11) is 0. The fourth-order valence-electron chi connectivity index (χ4n) is 4.39. The molecule has 2 saturated carbocycles. The van der Waals surface area contributed by atoms with Crippen molar-refractivity contribution in [3.63, 3.8) is 0 Å². The smallest absolute Gasteiger partial charge is 0.254 e. The fraction of sp³-hybridized carbons (Fsp3) is 0.545. The Morgan fingerprint density at radius 3 is 2.52 bits per heavy atom. The average molecular weight is 384 g/mol. The monoisotopic (exact) mass is 383 g/mol. The minimum absolute atomic E-state index is 0.213. The van der Waals surface area contributed by atoms with Crippen molar-refractivity contribution in [1.29, 1.82) is 0 Å². The van der Waals surface area contributed by atoms with E-state index >= 15 is 0 Å². The summed E-state index contributed by atoms with van der Waals surface area (Å²) in [5.74, 6) is 1.07. The molecule has 2 aliphatic rings. The lowest BCUT2D eigenvalue weighted by Crippen LogP contribution is -2.43. The van der Waals surface area contributed by atoms with Gasteiger partial charge in [-0.1, -0.05) is 31.2 Å². The van der Waals surface area contributed by atoms with Crippen LogP contribution in [0.5, 0.6) is 0 Å². The lowest BCUT2D eigenvalue weighted by atomic mass is 9.83. The number of aromatic nitrogens is 2. The molecule has 1 aromatic carbocycles. The van der Waals surface area contributed by atoms with Gasteiger partial charge in [-0.3, -0.25) is 9.36 Å². The van der Waals surface area contributed by atoms with Gasteiger partial charge in [0.1, 0.15) is 0 Å². The number of hydrogen-bond donors (Lipinski definition) is 0. The first-order valence-electron chi connectivity index (χ1n) is 10.2. The molecule has 0 atom stereocenters. The highest BCUT2D eigenvalue weighted by molar-refractivity contribution is 7.98. The Hall–Kier alpha value is -1.75. The molecule has 2 aliphatic carbocycles. The molecule has 0 unspecified atom stereocenters. The lowest BCUT2D eigenvalue weighted by Gasteiger charge is -2.37. The molecule has 4 nitrogen and oxygen atoms in total. The van der Waals surface area contributed by atoms with E-state index in [1.807, 2.05) is 42.9 Å². The van der Waals surface area contributed by atoms with Crippen LogP contribution in [0, 0.1) is 5.92 Å². The molecule has 0 spiro atoms. The normalized spacial score (nSPS) is 22.6. The van der Waals surface area contributed by atoms with Crippen LogP contribution in [-0.4, -0.2) is 38.7 Å². The maximum atomic E-state index is 13.4. The number of benzene rings is 1. The van der Waals surface area contributed by atoms with Crippen LogP contribution in [0.2, 0.25) is 0 Å². The van der Waals surface area contributed by atoms with E-state index in [2.05, 4.69) is 21.4 Å². The molecule has 27 heavy (non-hydrogen) atoms. The van der Waals surface area contributed by atoms with Crippen LogP contribution in [0.15, 0.2) is 41.8 Å². The van der Waals surface area contributed by atoms with Crippen LogP contribution < -0.4 is 0 Å². The molecular formula is C22H29N3OS. The van der Waals surface area contributed by atoms with Crippen molar-refractivity contribution in [2.45, 2.75) is 69.1 Å². The predicted octanol–water partition coefficient (Wildman–Crippen LogP) is 5.17. The standard InChI is InChI=1S/C22H29N3OS/c1-3-16-7-9-18(10-8-16)25(19-11-12-19)21(26)17-5-4-6-20(15-17)24-14-13-23-22(24)27-2/h4-6,13-16,18-19H,3,7-12H2,1-2H3. The number of nitrogens with zero attached hydrogens (tertiary/aromatic N) is 3. The van der Waals surface area contributed by atoms with Crippen LogP contribution in [-0.2, 0) is 0 Å². The van der Waals surface area contributed by atoms with Crippen molar-refractivity contribution in [1.82, 2.24) is 14.5 Å². The Morgan fingerprint density at radius 2 is 1.89 bits per heavy atom. The SMILES string of the molecule is CCC1CCC(N(C(=O)c2cccc(-n3ccnc3SC)c2)C2CC2)CC1. The zero-order chi connectivity index (χ0) is 18.8. The predicted molar refractivity (Wildman–Crippen MR) is 111 cm³/mol.